The molecule has 132 valence electrons. The molecule has 2 rings (SSSR count). The molecule has 0 saturated carbocycles. The standard InChI is InChI=1S/C19H28N2O3/c1-19(2)13-17(22)21(14-8-6-9-15(12-14)24-5)18(23)16(19)10-7-11-20(3)4/h6,8-9,12,16H,7,10-11,13H2,1-5H3. The summed E-state index contributed by atoms with van der Waals surface area (Å²) < 4.78 is 5.22. The molecule has 1 aliphatic heterocycles. The number of rotatable bonds is 6. The highest BCUT2D eigenvalue weighted by Gasteiger charge is 2.46. The summed E-state index contributed by atoms with van der Waals surface area (Å²) in [7, 11) is 5.63. The molecule has 1 aliphatic rings. The highest BCUT2D eigenvalue weighted by Crippen LogP contribution is 2.41. The molecular formula is C19H28N2O3. The van der Waals surface area contributed by atoms with E-state index in [0.717, 1.165) is 19.4 Å². The Labute approximate surface area is 144 Å². The predicted molar refractivity (Wildman–Crippen MR) is 95.2 cm³/mol. The molecule has 1 atom stereocenters. The fourth-order valence-corrected chi connectivity index (χ4v) is 3.35. The largest absolute Gasteiger partial charge is 0.497 e. The lowest BCUT2D eigenvalue weighted by atomic mass is 9.70. The van der Waals surface area contributed by atoms with Crippen LogP contribution in [0.5, 0.6) is 5.75 Å². The van der Waals surface area contributed by atoms with E-state index in [1.54, 1.807) is 31.4 Å². The van der Waals surface area contributed by atoms with E-state index in [1.807, 2.05) is 27.9 Å². The van der Waals surface area contributed by atoms with Crippen molar-refractivity contribution >= 4 is 17.5 Å². The minimum atomic E-state index is -0.310. The zero-order valence-electron chi connectivity index (χ0n) is 15.3. The van der Waals surface area contributed by atoms with Crippen molar-refractivity contribution < 1.29 is 14.3 Å². The Kier molecular flexibility index (Phi) is 5.65. The minimum Gasteiger partial charge on any atom is -0.497 e. The number of nitrogens with zero attached hydrogens (tertiary/aromatic N) is 2. The summed E-state index contributed by atoms with van der Waals surface area (Å²) in [6.45, 7) is 4.98. The van der Waals surface area contributed by atoms with Crippen molar-refractivity contribution in [2.45, 2.75) is 33.1 Å². The molecule has 1 unspecified atom stereocenters. The number of amides is 2. The van der Waals surface area contributed by atoms with Crippen LogP contribution in [0, 0.1) is 11.3 Å². The predicted octanol–water partition coefficient (Wildman–Crippen LogP) is 2.94. The first kappa shape index (κ1) is 18.5. The first-order valence-corrected chi connectivity index (χ1v) is 8.42. The third-order valence-electron chi connectivity index (χ3n) is 4.73. The summed E-state index contributed by atoms with van der Waals surface area (Å²) in [5.41, 5.74) is 0.285. The van der Waals surface area contributed by atoms with Crippen molar-refractivity contribution in [2.75, 3.05) is 32.6 Å². The average Bonchev–Trinajstić information content (AvgIpc) is 2.49. The molecule has 2 amide bonds. The molecule has 0 radical (unpaired) electrons. The minimum absolute atomic E-state index is 0.0942. The van der Waals surface area contributed by atoms with Crippen molar-refractivity contribution in [2.24, 2.45) is 11.3 Å². The third kappa shape index (κ3) is 3.96. The molecule has 0 spiro atoms. The van der Waals surface area contributed by atoms with E-state index < -0.39 is 0 Å². The van der Waals surface area contributed by atoms with E-state index in [1.165, 1.54) is 4.90 Å². The van der Waals surface area contributed by atoms with Crippen molar-refractivity contribution in [3.05, 3.63) is 24.3 Å². The van der Waals surface area contributed by atoms with Crippen LogP contribution in [0.3, 0.4) is 0 Å². The highest BCUT2D eigenvalue weighted by atomic mass is 16.5. The second-order valence-electron chi connectivity index (χ2n) is 7.43. The van der Waals surface area contributed by atoms with E-state index in [-0.39, 0.29) is 23.1 Å². The topological polar surface area (TPSA) is 49.9 Å². The number of carbonyl (C=O) groups is 2. The third-order valence-corrected chi connectivity index (χ3v) is 4.73. The maximum atomic E-state index is 13.1. The number of piperidine rings is 1. The molecule has 1 heterocycles. The van der Waals surface area contributed by atoms with Crippen molar-refractivity contribution in [3.63, 3.8) is 0 Å². The number of hydrogen-bond acceptors (Lipinski definition) is 4. The van der Waals surface area contributed by atoms with Gasteiger partial charge in [0.05, 0.1) is 12.8 Å². The number of anilines is 1. The quantitative estimate of drug-likeness (QED) is 0.752. The van der Waals surface area contributed by atoms with E-state index in [4.69, 9.17) is 4.74 Å². The summed E-state index contributed by atoms with van der Waals surface area (Å²) in [6.07, 6.45) is 2.10. The first-order valence-electron chi connectivity index (χ1n) is 8.42. The van der Waals surface area contributed by atoms with E-state index in [0.29, 0.717) is 17.9 Å². The number of imide groups is 1. The van der Waals surface area contributed by atoms with Crippen LogP contribution in [0.1, 0.15) is 33.1 Å². The lowest BCUT2D eigenvalue weighted by Gasteiger charge is -2.42. The van der Waals surface area contributed by atoms with Crippen LogP contribution in [-0.4, -0.2) is 44.5 Å². The van der Waals surface area contributed by atoms with Gasteiger partial charge in [-0.15, -0.1) is 0 Å². The van der Waals surface area contributed by atoms with Gasteiger partial charge in [-0.1, -0.05) is 19.9 Å². The normalized spacial score (nSPS) is 20.6. The second-order valence-corrected chi connectivity index (χ2v) is 7.43. The van der Waals surface area contributed by atoms with Gasteiger partial charge in [0.2, 0.25) is 11.8 Å². The SMILES string of the molecule is COc1cccc(N2C(=O)CC(C)(C)C(CCCN(C)C)C2=O)c1. The molecule has 24 heavy (non-hydrogen) atoms. The molecule has 0 N–H and O–H groups in total. The fraction of sp³-hybridized carbons (Fsp3) is 0.579. The van der Waals surface area contributed by atoms with Gasteiger partial charge in [0.1, 0.15) is 5.75 Å². The molecule has 5 nitrogen and oxygen atoms in total. The molecule has 0 aromatic heterocycles. The van der Waals surface area contributed by atoms with E-state index in [9.17, 15) is 9.59 Å². The number of carbonyl (C=O) groups excluding carboxylic acids is 2. The van der Waals surface area contributed by atoms with Crippen LogP contribution in [0.25, 0.3) is 0 Å². The van der Waals surface area contributed by atoms with Gasteiger partial charge < -0.3 is 9.64 Å². The second kappa shape index (κ2) is 7.34. The van der Waals surface area contributed by atoms with Gasteiger partial charge in [0.25, 0.3) is 0 Å². The summed E-state index contributed by atoms with van der Waals surface area (Å²) >= 11 is 0. The molecule has 0 bridgehead atoms. The summed E-state index contributed by atoms with van der Waals surface area (Å²) in [4.78, 5) is 29.1. The Morgan fingerprint density at radius 2 is 2.00 bits per heavy atom. The number of methoxy groups -OCH3 is 1. The van der Waals surface area contributed by atoms with Crippen LogP contribution in [0.15, 0.2) is 24.3 Å². The average molecular weight is 332 g/mol. The van der Waals surface area contributed by atoms with Gasteiger partial charge in [-0.05, 0) is 51.0 Å². The van der Waals surface area contributed by atoms with Gasteiger partial charge in [-0.3, -0.25) is 14.5 Å². The summed E-state index contributed by atoms with van der Waals surface area (Å²) in [5, 5.41) is 0. The van der Waals surface area contributed by atoms with Crippen LogP contribution in [0.4, 0.5) is 5.69 Å². The summed E-state index contributed by atoms with van der Waals surface area (Å²) in [5.74, 6) is 0.258. The zero-order chi connectivity index (χ0) is 17.9. The maximum Gasteiger partial charge on any atom is 0.237 e. The fourth-order valence-electron chi connectivity index (χ4n) is 3.35. The van der Waals surface area contributed by atoms with Crippen molar-refractivity contribution in [1.82, 2.24) is 4.90 Å². The molecule has 1 saturated heterocycles. The molecule has 1 aromatic rings. The number of benzene rings is 1. The van der Waals surface area contributed by atoms with Crippen LogP contribution < -0.4 is 9.64 Å². The monoisotopic (exact) mass is 332 g/mol. The Hall–Kier alpha value is -1.88. The molecule has 1 fully saturated rings. The molecule has 1 aromatic carbocycles. The maximum absolute atomic E-state index is 13.1. The Morgan fingerprint density at radius 3 is 2.62 bits per heavy atom. The molecule has 5 heteroatoms. The van der Waals surface area contributed by atoms with E-state index in [2.05, 4.69) is 4.90 Å². The van der Waals surface area contributed by atoms with Gasteiger partial charge in [-0.25, -0.2) is 0 Å². The molecule has 0 aliphatic carbocycles. The highest BCUT2D eigenvalue weighted by molar-refractivity contribution is 6.17. The lowest BCUT2D eigenvalue weighted by molar-refractivity contribution is -0.138. The smallest absolute Gasteiger partial charge is 0.237 e. The van der Waals surface area contributed by atoms with Gasteiger partial charge in [-0.2, -0.15) is 0 Å². The van der Waals surface area contributed by atoms with Crippen LogP contribution in [0.2, 0.25) is 0 Å². The Morgan fingerprint density at radius 1 is 1.29 bits per heavy atom. The van der Waals surface area contributed by atoms with Crippen molar-refractivity contribution in [3.8, 4) is 5.75 Å². The van der Waals surface area contributed by atoms with Crippen LogP contribution >= 0.6 is 0 Å². The number of ether oxygens (including phenoxy) is 1. The van der Waals surface area contributed by atoms with Gasteiger partial charge in [0, 0.05) is 18.4 Å². The first-order chi connectivity index (χ1) is 11.3. The zero-order valence-corrected chi connectivity index (χ0v) is 15.3. The Bertz CT molecular complexity index is 610. The van der Waals surface area contributed by atoms with E-state index >= 15 is 0 Å². The van der Waals surface area contributed by atoms with Crippen molar-refractivity contribution in [1.29, 1.82) is 0 Å². The van der Waals surface area contributed by atoms with Gasteiger partial charge in [0.15, 0.2) is 0 Å². The lowest BCUT2D eigenvalue weighted by Crippen LogP contribution is -2.52. The van der Waals surface area contributed by atoms with Crippen LogP contribution in [-0.2, 0) is 9.59 Å². The van der Waals surface area contributed by atoms with Gasteiger partial charge >= 0.3 is 0 Å². The molecular weight excluding hydrogens is 304 g/mol. The summed E-state index contributed by atoms with van der Waals surface area (Å²) in [6, 6.07) is 7.13. The number of hydrogen-bond donors (Lipinski definition) is 0. The Balaban J connectivity index is 2.25.